The zero-order valence-corrected chi connectivity index (χ0v) is 11.6. The lowest BCUT2D eigenvalue weighted by Crippen LogP contribution is -2.05. The van der Waals surface area contributed by atoms with Crippen molar-refractivity contribution < 1.29 is 17.9 Å². The van der Waals surface area contributed by atoms with Gasteiger partial charge in [0.05, 0.1) is 12.2 Å². The molecule has 0 atom stereocenters. The molecule has 0 aliphatic carbocycles. The second-order valence-corrected chi connectivity index (χ2v) is 4.66. The van der Waals surface area contributed by atoms with E-state index in [-0.39, 0.29) is 17.1 Å². The fourth-order valence-corrected chi connectivity index (χ4v) is 1.99. The molecule has 10 heteroatoms. The van der Waals surface area contributed by atoms with Gasteiger partial charge in [-0.1, -0.05) is 0 Å². The van der Waals surface area contributed by atoms with Gasteiger partial charge in [-0.2, -0.15) is 28.1 Å². The van der Waals surface area contributed by atoms with Gasteiger partial charge in [-0.25, -0.2) is 4.98 Å². The number of hydrogen-bond acceptors (Lipinski definition) is 7. The van der Waals surface area contributed by atoms with Gasteiger partial charge < -0.3 is 10.5 Å². The molecule has 0 aliphatic heterocycles. The van der Waals surface area contributed by atoms with Crippen molar-refractivity contribution >= 4 is 17.7 Å². The molecule has 2 N–H and O–H groups in total. The van der Waals surface area contributed by atoms with Crippen LogP contribution in [0.1, 0.15) is 12.5 Å². The summed E-state index contributed by atoms with van der Waals surface area (Å²) in [6, 6.07) is 2.22. The molecule has 112 valence electrons. The van der Waals surface area contributed by atoms with Crippen LogP contribution < -0.4 is 10.5 Å². The summed E-state index contributed by atoms with van der Waals surface area (Å²) in [6.07, 6.45) is -3.67. The van der Waals surface area contributed by atoms with Gasteiger partial charge in [0.25, 0.3) is 0 Å². The summed E-state index contributed by atoms with van der Waals surface area (Å²) < 4.78 is 42.4. The zero-order chi connectivity index (χ0) is 15.5. The summed E-state index contributed by atoms with van der Waals surface area (Å²) in [5.74, 6) is -0.0390. The van der Waals surface area contributed by atoms with Crippen LogP contribution in [0.15, 0.2) is 28.5 Å². The third kappa shape index (κ3) is 4.18. The molecule has 2 rings (SSSR count). The quantitative estimate of drug-likeness (QED) is 0.926. The number of rotatable bonds is 4. The van der Waals surface area contributed by atoms with E-state index in [4.69, 9.17) is 10.5 Å². The van der Waals surface area contributed by atoms with Crippen LogP contribution in [0.25, 0.3) is 0 Å². The van der Waals surface area contributed by atoms with Crippen LogP contribution in [0.2, 0.25) is 0 Å². The number of nitrogens with two attached hydrogens (primary N) is 1. The van der Waals surface area contributed by atoms with Crippen LogP contribution in [0.4, 0.5) is 19.1 Å². The van der Waals surface area contributed by atoms with Gasteiger partial charge in [-0.3, -0.25) is 0 Å². The second-order valence-electron chi connectivity index (χ2n) is 3.68. The maximum Gasteiger partial charge on any atom is 0.417 e. The van der Waals surface area contributed by atoms with Crippen molar-refractivity contribution in [2.45, 2.75) is 23.3 Å². The number of halogens is 3. The zero-order valence-electron chi connectivity index (χ0n) is 10.8. The number of aromatic nitrogens is 4. The second kappa shape index (κ2) is 6.12. The normalized spacial score (nSPS) is 11.4. The Morgan fingerprint density at radius 3 is 2.57 bits per heavy atom. The first-order valence-corrected chi connectivity index (χ1v) is 6.55. The highest BCUT2D eigenvalue weighted by atomic mass is 32.2. The Morgan fingerprint density at radius 1 is 1.24 bits per heavy atom. The predicted molar refractivity (Wildman–Crippen MR) is 68.8 cm³/mol. The lowest BCUT2D eigenvalue weighted by Gasteiger charge is -2.07. The maximum atomic E-state index is 12.4. The van der Waals surface area contributed by atoms with Crippen molar-refractivity contribution in [1.82, 2.24) is 19.9 Å². The van der Waals surface area contributed by atoms with Crippen LogP contribution in [0.5, 0.6) is 6.01 Å². The van der Waals surface area contributed by atoms with E-state index in [1.54, 1.807) is 6.92 Å². The summed E-state index contributed by atoms with van der Waals surface area (Å²) >= 11 is 0.960. The summed E-state index contributed by atoms with van der Waals surface area (Å²) in [7, 11) is 0. The van der Waals surface area contributed by atoms with Crippen molar-refractivity contribution in [3.8, 4) is 6.01 Å². The summed E-state index contributed by atoms with van der Waals surface area (Å²) in [6.45, 7) is 2.11. The van der Waals surface area contributed by atoms with Crippen LogP contribution in [0, 0.1) is 0 Å². The van der Waals surface area contributed by atoms with E-state index < -0.39 is 11.7 Å². The Morgan fingerprint density at radius 2 is 2.00 bits per heavy atom. The van der Waals surface area contributed by atoms with Gasteiger partial charge in [-0.05, 0) is 30.8 Å². The van der Waals surface area contributed by atoms with E-state index in [2.05, 4.69) is 19.9 Å². The number of alkyl halides is 3. The standard InChI is InChI=1S/C11H10F3N5OS/c1-2-20-9-17-8(15)18-10(19-9)21-7-4-3-6(5-16-7)11(12,13)14/h3-5H,2H2,1H3,(H2,15,17,18,19). The monoisotopic (exact) mass is 317 g/mol. The Labute approximate surface area is 122 Å². The van der Waals surface area contributed by atoms with E-state index in [9.17, 15) is 13.2 Å². The largest absolute Gasteiger partial charge is 0.464 e. The lowest BCUT2D eigenvalue weighted by atomic mass is 10.3. The van der Waals surface area contributed by atoms with E-state index in [1.807, 2.05) is 0 Å². The molecule has 0 radical (unpaired) electrons. The highest BCUT2D eigenvalue weighted by molar-refractivity contribution is 7.99. The minimum absolute atomic E-state index is 0.0390. The SMILES string of the molecule is CCOc1nc(N)nc(Sc2ccc(C(F)(F)F)cn2)n1. The molecule has 0 saturated heterocycles. The first kappa shape index (κ1) is 15.3. The molecule has 2 aromatic rings. The maximum absolute atomic E-state index is 12.4. The average Bonchev–Trinajstić information content (AvgIpc) is 2.38. The minimum atomic E-state index is -4.42. The summed E-state index contributed by atoms with van der Waals surface area (Å²) in [4.78, 5) is 15.3. The smallest absolute Gasteiger partial charge is 0.417 e. The number of anilines is 1. The fourth-order valence-electron chi connectivity index (χ4n) is 1.29. The van der Waals surface area contributed by atoms with Crippen LogP contribution in [0.3, 0.4) is 0 Å². The summed E-state index contributed by atoms with van der Waals surface area (Å²) in [5.41, 5.74) is 4.68. The fraction of sp³-hybridized carbons (Fsp3) is 0.273. The van der Waals surface area contributed by atoms with Crippen molar-refractivity contribution in [2.24, 2.45) is 0 Å². The van der Waals surface area contributed by atoms with E-state index >= 15 is 0 Å². The van der Waals surface area contributed by atoms with E-state index in [1.165, 1.54) is 6.07 Å². The van der Waals surface area contributed by atoms with Crippen LogP contribution in [-0.2, 0) is 6.18 Å². The predicted octanol–water partition coefficient (Wildman–Crippen LogP) is 2.42. The third-order valence-corrected chi connectivity index (χ3v) is 2.96. The molecule has 0 spiro atoms. The van der Waals surface area contributed by atoms with Crippen molar-refractivity contribution in [1.29, 1.82) is 0 Å². The number of nitrogen functional groups attached to an aromatic ring is 1. The molecule has 0 saturated carbocycles. The molecule has 0 amide bonds. The Hall–Kier alpha value is -2.10. The number of hydrogen-bond donors (Lipinski definition) is 1. The Balaban J connectivity index is 2.18. The first-order valence-electron chi connectivity index (χ1n) is 5.74. The van der Waals surface area contributed by atoms with E-state index in [0.29, 0.717) is 11.6 Å². The van der Waals surface area contributed by atoms with Gasteiger partial charge in [0.15, 0.2) is 0 Å². The van der Waals surface area contributed by atoms with Gasteiger partial charge in [0, 0.05) is 6.20 Å². The van der Waals surface area contributed by atoms with Gasteiger partial charge >= 0.3 is 12.2 Å². The molecule has 2 aromatic heterocycles. The van der Waals surface area contributed by atoms with Gasteiger partial charge in [-0.15, -0.1) is 0 Å². The number of pyridine rings is 1. The highest BCUT2D eigenvalue weighted by Gasteiger charge is 2.30. The molecule has 0 aliphatic rings. The first-order chi connectivity index (χ1) is 9.88. The Bertz CT molecular complexity index is 620. The molecular formula is C11H10F3N5OS. The minimum Gasteiger partial charge on any atom is -0.464 e. The molecule has 0 fully saturated rings. The number of nitrogens with zero attached hydrogens (tertiary/aromatic N) is 4. The molecule has 0 bridgehead atoms. The average molecular weight is 317 g/mol. The molecule has 2 heterocycles. The summed E-state index contributed by atoms with van der Waals surface area (Å²) in [5, 5.41) is 0.495. The third-order valence-electron chi connectivity index (χ3n) is 2.14. The number of ether oxygens (including phenoxy) is 1. The highest BCUT2D eigenvalue weighted by Crippen LogP contribution is 2.30. The molecule has 0 unspecified atom stereocenters. The topological polar surface area (TPSA) is 86.8 Å². The molecule has 0 aromatic carbocycles. The lowest BCUT2D eigenvalue weighted by molar-refractivity contribution is -0.137. The van der Waals surface area contributed by atoms with Crippen LogP contribution >= 0.6 is 11.8 Å². The van der Waals surface area contributed by atoms with Gasteiger partial charge in [0.1, 0.15) is 5.03 Å². The van der Waals surface area contributed by atoms with Crippen LogP contribution in [-0.4, -0.2) is 26.5 Å². The molecule has 21 heavy (non-hydrogen) atoms. The van der Waals surface area contributed by atoms with Gasteiger partial charge in [0.2, 0.25) is 11.1 Å². The van der Waals surface area contributed by atoms with E-state index in [0.717, 1.165) is 24.0 Å². The van der Waals surface area contributed by atoms with Crippen molar-refractivity contribution in [3.05, 3.63) is 23.9 Å². The molecule has 6 nitrogen and oxygen atoms in total. The Kier molecular flexibility index (Phi) is 4.46. The molecular weight excluding hydrogens is 307 g/mol. The van der Waals surface area contributed by atoms with Crippen molar-refractivity contribution in [2.75, 3.05) is 12.3 Å². The van der Waals surface area contributed by atoms with Crippen molar-refractivity contribution in [3.63, 3.8) is 0 Å².